The first-order valence-corrected chi connectivity index (χ1v) is 3.99. The molecule has 0 aromatic carbocycles. The van der Waals surface area contributed by atoms with E-state index in [0.29, 0.717) is 0 Å². The van der Waals surface area contributed by atoms with Crippen molar-refractivity contribution in [2.24, 2.45) is 11.7 Å². The molecule has 1 unspecified atom stereocenters. The lowest BCUT2D eigenvalue weighted by atomic mass is 10.1. The smallest absolute Gasteiger partial charge is 0.0603 e. The fourth-order valence-corrected chi connectivity index (χ4v) is 0.582. The standard InChI is InChI=1S/C8H20N2/c1-5-7(2)6-10-8(3,4)9/h7,10H,5-6,9H2,1-4H3. The van der Waals surface area contributed by atoms with Gasteiger partial charge in [-0.25, -0.2) is 0 Å². The summed E-state index contributed by atoms with van der Waals surface area (Å²) in [6.45, 7) is 9.39. The summed E-state index contributed by atoms with van der Waals surface area (Å²) in [6, 6.07) is 0. The van der Waals surface area contributed by atoms with E-state index in [4.69, 9.17) is 5.73 Å². The maximum atomic E-state index is 5.73. The predicted molar refractivity (Wildman–Crippen MR) is 45.7 cm³/mol. The van der Waals surface area contributed by atoms with E-state index in [9.17, 15) is 0 Å². The van der Waals surface area contributed by atoms with Crippen LogP contribution < -0.4 is 11.1 Å². The fourth-order valence-electron chi connectivity index (χ4n) is 0.582. The van der Waals surface area contributed by atoms with Gasteiger partial charge in [-0.2, -0.15) is 0 Å². The van der Waals surface area contributed by atoms with Gasteiger partial charge in [-0.1, -0.05) is 20.3 Å². The van der Waals surface area contributed by atoms with Gasteiger partial charge in [0.05, 0.1) is 5.66 Å². The van der Waals surface area contributed by atoms with E-state index in [0.717, 1.165) is 12.5 Å². The van der Waals surface area contributed by atoms with Gasteiger partial charge in [0.2, 0.25) is 0 Å². The van der Waals surface area contributed by atoms with Crippen LogP contribution in [0.3, 0.4) is 0 Å². The lowest BCUT2D eigenvalue weighted by Gasteiger charge is -2.22. The van der Waals surface area contributed by atoms with Gasteiger partial charge in [-0.05, 0) is 26.3 Å². The molecule has 0 aliphatic rings. The van der Waals surface area contributed by atoms with Crippen LogP contribution in [0.25, 0.3) is 0 Å². The van der Waals surface area contributed by atoms with E-state index < -0.39 is 0 Å². The zero-order valence-corrected chi connectivity index (χ0v) is 7.57. The van der Waals surface area contributed by atoms with Crippen LogP contribution in [0.2, 0.25) is 0 Å². The minimum atomic E-state index is -0.219. The Kier molecular flexibility index (Phi) is 3.91. The van der Waals surface area contributed by atoms with Crippen molar-refractivity contribution in [1.82, 2.24) is 5.32 Å². The quantitative estimate of drug-likeness (QED) is 0.584. The molecule has 0 amide bonds. The highest BCUT2D eigenvalue weighted by molar-refractivity contribution is 4.69. The Hall–Kier alpha value is -0.0800. The number of rotatable bonds is 4. The van der Waals surface area contributed by atoms with Crippen molar-refractivity contribution in [3.63, 3.8) is 0 Å². The molecule has 2 nitrogen and oxygen atoms in total. The molecule has 0 saturated heterocycles. The van der Waals surface area contributed by atoms with Crippen molar-refractivity contribution in [2.75, 3.05) is 6.54 Å². The van der Waals surface area contributed by atoms with Crippen molar-refractivity contribution in [2.45, 2.75) is 39.8 Å². The van der Waals surface area contributed by atoms with E-state index in [1.807, 2.05) is 13.8 Å². The van der Waals surface area contributed by atoms with Crippen LogP contribution in [0.5, 0.6) is 0 Å². The Bertz CT molecular complexity index is 83.7. The van der Waals surface area contributed by atoms with Gasteiger partial charge in [0, 0.05) is 0 Å². The molecule has 0 aromatic heterocycles. The molecule has 0 aliphatic carbocycles. The molecule has 0 spiro atoms. The minimum Gasteiger partial charge on any atom is -0.314 e. The normalized spacial score (nSPS) is 15.3. The summed E-state index contributed by atoms with van der Waals surface area (Å²) in [5.41, 5.74) is 5.51. The number of nitrogens with two attached hydrogens (primary N) is 1. The Labute approximate surface area is 64.2 Å². The lowest BCUT2D eigenvalue weighted by Crippen LogP contribution is -2.49. The second-order valence-electron chi connectivity index (χ2n) is 3.62. The topological polar surface area (TPSA) is 38.0 Å². The summed E-state index contributed by atoms with van der Waals surface area (Å²) in [7, 11) is 0. The number of nitrogens with one attached hydrogen (secondary N) is 1. The molecule has 3 N–H and O–H groups in total. The van der Waals surface area contributed by atoms with Gasteiger partial charge in [0.15, 0.2) is 0 Å². The monoisotopic (exact) mass is 144 g/mol. The van der Waals surface area contributed by atoms with Crippen molar-refractivity contribution < 1.29 is 0 Å². The van der Waals surface area contributed by atoms with E-state index >= 15 is 0 Å². The summed E-state index contributed by atoms with van der Waals surface area (Å²) >= 11 is 0. The average Bonchev–Trinajstić information content (AvgIpc) is 1.81. The fraction of sp³-hybridized carbons (Fsp3) is 1.00. The molecule has 10 heavy (non-hydrogen) atoms. The van der Waals surface area contributed by atoms with Gasteiger partial charge in [0.25, 0.3) is 0 Å². The van der Waals surface area contributed by atoms with E-state index in [1.165, 1.54) is 6.42 Å². The molecule has 0 fully saturated rings. The summed E-state index contributed by atoms with van der Waals surface area (Å²) in [5.74, 6) is 0.725. The van der Waals surface area contributed by atoms with Crippen LogP contribution in [-0.4, -0.2) is 12.2 Å². The van der Waals surface area contributed by atoms with E-state index in [1.54, 1.807) is 0 Å². The van der Waals surface area contributed by atoms with Crippen LogP contribution in [0.15, 0.2) is 0 Å². The van der Waals surface area contributed by atoms with Crippen LogP contribution in [0.1, 0.15) is 34.1 Å². The Morgan fingerprint density at radius 2 is 2.00 bits per heavy atom. The largest absolute Gasteiger partial charge is 0.314 e. The van der Waals surface area contributed by atoms with Gasteiger partial charge in [-0.15, -0.1) is 0 Å². The first kappa shape index (κ1) is 9.92. The van der Waals surface area contributed by atoms with Gasteiger partial charge < -0.3 is 5.73 Å². The van der Waals surface area contributed by atoms with Crippen molar-refractivity contribution in [3.05, 3.63) is 0 Å². The lowest BCUT2D eigenvalue weighted by molar-refractivity contribution is 0.362. The number of hydrogen-bond donors (Lipinski definition) is 2. The Morgan fingerprint density at radius 1 is 1.50 bits per heavy atom. The first-order valence-electron chi connectivity index (χ1n) is 3.99. The molecule has 62 valence electrons. The summed E-state index contributed by atoms with van der Waals surface area (Å²) < 4.78 is 0. The minimum absolute atomic E-state index is 0.219. The first-order chi connectivity index (χ1) is 4.45. The van der Waals surface area contributed by atoms with Gasteiger partial charge >= 0.3 is 0 Å². The van der Waals surface area contributed by atoms with Crippen molar-refractivity contribution in [1.29, 1.82) is 0 Å². The predicted octanol–water partition coefficient (Wildman–Crippen LogP) is 1.32. The van der Waals surface area contributed by atoms with E-state index in [-0.39, 0.29) is 5.66 Å². The molecule has 0 heterocycles. The summed E-state index contributed by atoms with van der Waals surface area (Å²) in [6.07, 6.45) is 1.21. The molecule has 0 aliphatic heterocycles. The third-order valence-corrected chi connectivity index (χ3v) is 1.60. The molecule has 0 bridgehead atoms. The maximum Gasteiger partial charge on any atom is 0.0603 e. The highest BCUT2D eigenvalue weighted by Gasteiger charge is 2.09. The van der Waals surface area contributed by atoms with Crippen LogP contribution in [0, 0.1) is 5.92 Å². The maximum absolute atomic E-state index is 5.73. The molecule has 1 atom stereocenters. The highest BCUT2D eigenvalue weighted by atomic mass is 15.1. The van der Waals surface area contributed by atoms with Crippen LogP contribution in [-0.2, 0) is 0 Å². The third-order valence-electron chi connectivity index (χ3n) is 1.60. The molecule has 0 saturated carbocycles. The zero-order chi connectivity index (χ0) is 8.20. The van der Waals surface area contributed by atoms with Gasteiger partial charge in [-0.3, -0.25) is 5.32 Å². The molecular formula is C8H20N2. The van der Waals surface area contributed by atoms with Crippen LogP contribution >= 0.6 is 0 Å². The second-order valence-corrected chi connectivity index (χ2v) is 3.62. The average molecular weight is 144 g/mol. The summed E-state index contributed by atoms with van der Waals surface area (Å²) in [4.78, 5) is 0. The zero-order valence-electron chi connectivity index (χ0n) is 7.57. The number of hydrogen-bond acceptors (Lipinski definition) is 2. The van der Waals surface area contributed by atoms with Crippen LogP contribution in [0.4, 0.5) is 0 Å². The molecule has 0 radical (unpaired) electrons. The van der Waals surface area contributed by atoms with Crippen molar-refractivity contribution >= 4 is 0 Å². The molecule has 0 rings (SSSR count). The molecular weight excluding hydrogens is 124 g/mol. The summed E-state index contributed by atoms with van der Waals surface area (Å²) in [5, 5.41) is 3.25. The highest BCUT2D eigenvalue weighted by Crippen LogP contribution is 1.99. The van der Waals surface area contributed by atoms with E-state index in [2.05, 4.69) is 19.2 Å². The SMILES string of the molecule is CCC(C)CNC(C)(C)N. The Morgan fingerprint density at radius 3 is 2.30 bits per heavy atom. The molecule has 2 heteroatoms. The second kappa shape index (κ2) is 3.94. The van der Waals surface area contributed by atoms with Gasteiger partial charge in [0.1, 0.15) is 0 Å². The Balaban J connectivity index is 3.36. The third kappa shape index (κ3) is 6.05. The molecule has 0 aromatic rings. The van der Waals surface area contributed by atoms with Crippen molar-refractivity contribution in [3.8, 4) is 0 Å².